The van der Waals surface area contributed by atoms with E-state index in [-0.39, 0.29) is 5.97 Å². The monoisotopic (exact) mass is 458 g/mol. The first-order valence-corrected chi connectivity index (χ1v) is 12.8. The van der Waals surface area contributed by atoms with Crippen LogP contribution in [-0.4, -0.2) is 15.9 Å². The highest BCUT2D eigenvalue weighted by atomic mass is 16.5. The number of carbonyl (C=O) groups excluding carboxylic acids is 1. The maximum Gasteiger partial charge on any atom is 0.343 e. The van der Waals surface area contributed by atoms with Crippen LogP contribution in [0, 0.1) is 5.92 Å². The molecule has 0 N–H and O–H groups in total. The Hall–Kier alpha value is -3.01. The molecule has 0 aliphatic heterocycles. The number of hydrogen-bond donors (Lipinski definition) is 0. The van der Waals surface area contributed by atoms with Gasteiger partial charge in [-0.1, -0.05) is 83.6 Å². The van der Waals surface area contributed by atoms with Crippen LogP contribution in [0.4, 0.5) is 0 Å². The van der Waals surface area contributed by atoms with Crippen LogP contribution in [0.1, 0.15) is 87.2 Å². The molecule has 0 radical (unpaired) electrons. The minimum Gasteiger partial charge on any atom is -0.423 e. The minimum absolute atomic E-state index is 0.364. The number of aromatic nitrogens is 2. The second kappa shape index (κ2) is 13.6. The van der Waals surface area contributed by atoms with Gasteiger partial charge in [0.2, 0.25) is 0 Å². The Kier molecular flexibility index (Phi) is 10.3. The van der Waals surface area contributed by atoms with Gasteiger partial charge in [0, 0.05) is 18.0 Å². The molecule has 2 aromatic carbocycles. The Labute approximate surface area is 204 Å². The summed E-state index contributed by atoms with van der Waals surface area (Å²) in [7, 11) is 0. The topological polar surface area (TPSA) is 52.1 Å². The molecule has 3 aromatic rings. The van der Waals surface area contributed by atoms with Gasteiger partial charge < -0.3 is 4.74 Å². The largest absolute Gasteiger partial charge is 0.423 e. The zero-order valence-electron chi connectivity index (χ0n) is 20.9. The highest BCUT2D eigenvalue weighted by Crippen LogP contribution is 2.20. The third-order valence-electron chi connectivity index (χ3n) is 6.32. The number of esters is 1. The predicted octanol–water partition coefficient (Wildman–Crippen LogP) is 7.85. The summed E-state index contributed by atoms with van der Waals surface area (Å²) in [5.74, 6) is 1.51. The standard InChI is InChI=1S/C30H38N2O2/c1-4-6-7-8-9-10-11-25-21-31-29(32-22-25)26-14-16-27(17-15-26)30(33)34-28-18-12-24(13-19-28)20-23(3)5-2/h12-19,21-23H,4-11,20H2,1-3H3. The van der Waals surface area contributed by atoms with Crippen LogP contribution in [0.15, 0.2) is 60.9 Å². The molecule has 0 fully saturated rings. The first-order chi connectivity index (χ1) is 16.6. The van der Waals surface area contributed by atoms with E-state index in [9.17, 15) is 4.79 Å². The number of aryl methyl sites for hydroxylation is 1. The molecule has 1 aromatic heterocycles. The van der Waals surface area contributed by atoms with Gasteiger partial charge in [-0.05, 0) is 60.6 Å². The summed E-state index contributed by atoms with van der Waals surface area (Å²) >= 11 is 0. The average Bonchev–Trinajstić information content (AvgIpc) is 2.87. The molecule has 0 spiro atoms. The number of hydrogen-bond acceptors (Lipinski definition) is 4. The lowest BCUT2D eigenvalue weighted by molar-refractivity contribution is 0.0734. The molecule has 4 nitrogen and oxygen atoms in total. The normalized spacial score (nSPS) is 11.9. The molecular formula is C30H38N2O2. The third-order valence-corrected chi connectivity index (χ3v) is 6.32. The Morgan fingerprint density at radius 1 is 0.824 bits per heavy atom. The summed E-state index contributed by atoms with van der Waals surface area (Å²) < 4.78 is 5.55. The molecule has 4 heteroatoms. The van der Waals surface area contributed by atoms with Crippen LogP contribution in [0.25, 0.3) is 11.4 Å². The molecule has 1 atom stereocenters. The quantitative estimate of drug-likeness (QED) is 0.149. The average molecular weight is 459 g/mol. The van der Waals surface area contributed by atoms with Crippen LogP contribution in [-0.2, 0) is 12.8 Å². The Bertz CT molecular complexity index is 995. The third kappa shape index (κ3) is 8.09. The fourth-order valence-corrected chi connectivity index (χ4v) is 3.90. The summed E-state index contributed by atoms with van der Waals surface area (Å²) in [6, 6.07) is 15.1. The Balaban J connectivity index is 1.50. The second-order valence-electron chi connectivity index (χ2n) is 9.26. The smallest absolute Gasteiger partial charge is 0.343 e. The number of unbranched alkanes of at least 4 members (excludes halogenated alkanes) is 5. The molecule has 3 rings (SSSR count). The van der Waals surface area contributed by atoms with Crippen molar-refractivity contribution >= 4 is 5.97 Å². The number of rotatable bonds is 13. The molecule has 34 heavy (non-hydrogen) atoms. The summed E-state index contributed by atoms with van der Waals surface area (Å²) in [5.41, 5.74) is 3.83. The van der Waals surface area contributed by atoms with Gasteiger partial charge >= 0.3 is 5.97 Å². The minimum atomic E-state index is -0.364. The van der Waals surface area contributed by atoms with Gasteiger partial charge in [-0.25, -0.2) is 14.8 Å². The first-order valence-electron chi connectivity index (χ1n) is 12.8. The zero-order valence-corrected chi connectivity index (χ0v) is 20.9. The SMILES string of the molecule is CCCCCCCCc1cnc(-c2ccc(C(=O)Oc3ccc(CC(C)CC)cc3)cc2)nc1. The summed E-state index contributed by atoms with van der Waals surface area (Å²) in [6.07, 6.45) is 14.8. The van der Waals surface area contributed by atoms with E-state index in [1.807, 2.05) is 48.8 Å². The lowest BCUT2D eigenvalue weighted by atomic mass is 9.99. The van der Waals surface area contributed by atoms with Crippen molar-refractivity contribution in [1.82, 2.24) is 9.97 Å². The lowest BCUT2D eigenvalue weighted by Crippen LogP contribution is -2.08. The van der Waals surface area contributed by atoms with Crippen molar-refractivity contribution in [2.45, 2.75) is 78.6 Å². The van der Waals surface area contributed by atoms with Gasteiger partial charge in [-0.2, -0.15) is 0 Å². The number of ether oxygens (including phenoxy) is 1. The zero-order chi connectivity index (χ0) is 24.2. The molecule has 0 saturated heterocycles. The highest BCUT2D eigenvalue weighted by Gasteiger charge is 2.10. The first kappa shape index (κ1) is 25.6. The van der Waals surface area contributed by atoms with Crippen molar-refractivity contribution in [3.63, 3.8) is 0 Å². The number of nitrogens with zero attached hydrogens (tertiary/aromatic N) is 2. The van der Waals surface area contributed by atoms with Crippen molar-refractivity contribution < 1.29 is 9.53 Å². The van der Waals surface area contributed by atoms with E-state index >= 15 is 0 Å². The van der Waals surface area contributed by atoms with Crippen LogP contribution in [0.2, 0.25) is 0 Å². The predicted molar refractivity (Wildman–Crippen MR) is 139 cm³/mol. The van der Waals surface area contributed by atoms with Crippen molar-refractivity contribution in [3.05, 3.63) is 77.6 Å². The maximum atomic E-state index is 12.5. The van der Waals surface area contributed by atoms with Crippen LogP contribution in [0.5, 0.6) is 5.75 Å². The van der Waals surface area contributed by atoms with Crippen LogP contribution < -0.4 is 4.74 Å². The summed E-state index contributed by atoms with van der Waals surface area (Å²) in [4.78, 5) is 21.6. The highest BCUT2D eigenvalue weighted by molar-refractivity contribution is 5.91. The molecule has 0 aliphatic rings. The van der Waals surface area contributed by atoms with Gasteiger partial charge in [0.05, 0.1) is 5.56 Å². The van der Waals surface area contributed by atoms with E-state index in [4.69, 9.17) is 4.74 Å². The van der Waals surface area contributed by atoms with Crippen molar-refractivity contribution in [3.8, 4) is 17.1 Å². The van der Waals surface area contributed by atoms with E-state index in [0.29, 0.717) is 23.1 Å². The van der Waals surface area contributed by atoms with E-state index in [1.54, 1.807) is 12.1 Å². The molecule has 180 valence electrons. The van der Waals surface area contributed by atoms with Crippen molar-refractivity contribution in [2.24, 2.45) is 5.92 Å². The van der Waals surface area contributed by atoms with E-state index in [0.717, 1.165) is 24.8 Å². The van der Waals surface area contributed by atoms with Crippen molar-refractivity contribution in [2.75, 3.05) is 0 Å². The van der Waals surface area contributed by atoms with Crippen LogP contribution in [0.3, 0.4) is 0 Å². The molecule has 0 aliphatic carbocycles. The summed E-state index contributed by atoms with van der Waals surface area (Å²) in [6.45, 7) is 6.68. The van der Waals surface area contributed by atoms with Gasteiger partial charge in [-0.15, -0.1) is 0 Å². The lowest BCUT2D eigenvalue weighted by Gasteiger charge is -2.09. The molecular weight excluding hydrogens is 420 g/mol. The van der Waals surface area contributed by atoms with E-state index < -0.39 is 0 Å². The number of carbonyl (C=O) groups is 1. The number of benzene rings is 2. The summed E-state index contributed by atoms with van der Waals surface area (Å²) in [5, 5.41) is 0. The maximum absolute atomic E-state index is 12.5. The van der Waals surface area contributed by atoms with Gasteiger partial charge in [0.15, 0.2) is 5.82 Å². The molecule has 0 saturated carbocycles. The fraction of sp³-hybridized carbons (Fsp3) is 0.433. The van der Waals surface area contributed by atoms with Gasteiger partial charge in [0.1, 0.15) is 5.75 Å². The van der Waals surface area contributed by atoms with Crippen LogP contribution >= 0.6 is 0 Å². The molecule has 0 bridgehead atoms. The molecule has 0 amide bonds. The second-order valence-corrected chi connectivity index (χ2v) is 9.26. The van der Waals surface area contributed by atoms with Gasteiger partial charge in [0.25, 0.3) is 0 Å². The molecule has 1 unspecified atom stereocenters. The van der Waals surface area contributed by atoms with E-state index in [1.165, 1.54) is 49.7 Å². The Morgan fingerprint density at radius 2 is 1.47 bits per heavy atom. The fourth-order valence-electron chi connectivity index (χ4n) is 3.90. The van der Waals surface area contributed by atoms with Gasteiger partial charge in [-0.3, -0.25) is 0 Å². The van der Waals surface area contributed by atoms with E-state index in [2.05, 4.69) is 30.7 Å². The van der Waals surface area contributed by atoms with Crippen molar-refractivity contribution in [1.29, 1.82) is 0 Å². The molecule has 1 heterocycles. The Morgan fingerprint density at radius 3 is 2.12 bits per heavy atom.